The van der Waals surface area contributed by atoms with Crippen molar-refractivity contribution in [3.8, 4) is 11.5 Å². The first-order valence-corrected chi connectivity index (χ1v) is 9.22. The molecule has 7 heteroatoms. The van der Waals surface area contributed by atoms with E-state index >= 15 is 0 Å². The molecule has 3 heterocycles. The van der Waals surface area contributed by atoms with Crippen molar-refractivity contribution in [1.82, 2.24) is 9.21 Å². The number of fused-ring (bicyclic) bond motifs is 2. The van der Waals surface area contributed by atoms with Gasteiger partial charge in [-0.05, 0) is 31.5 Å². The number of hydrogen-bond acceptors (Lipinski definition) is 5. The SMILES string of the molecule is O=S(=O)(c1ccc2c(c1)OCCO2)N1CCN2CCC[C@H]2C1. The molecular formula is C15H20N2O4S. The van der Waals surface area contributed by atoms with Crippen molar-refractivity contribution in [3.05, 3.63) is 18.2 Å². The Hall–Kier alpha value is -1.31. The van der Waals surface area contributed by atoms with E-state index in [1.54, 1.807) is 22.5 Å². The minimum absolute atomic E-state index is 0.295. The normalized spacial score (nSPS) is 25.9. The van der Waals surface area contributed by atoms with Crippen LogP contribution in [0.15, 0.2) is 23.1 Å². The molecular weight excluding hydrogens is 304 g/mol. The maximum atomic E-state index is 12.9. The molecule has 3 aliphatic heterocycles. The number of benzene rings is 1. The van der Waals surface area contributed by atoms with E-state index in [-0.39, 0.29) is 0 Å². The molecule has 0 bridgehead atoms. The highest BCUT2D eigenvalue weighted by molar-refractivity contribution is 7.89. The summed E-state index contributed by atoms with van der Waals surface area (Å²) in [6, 6.07) is 5.27. The molecule has 1 aromatic carbocycles. The van der Waals surface area contributed by atoms with Crippen LogP contribution in [0.3, 0.4) is 0 Å². The predicted molar refractivity (Wildman–Crippen MR) is 80.8 cm³/mol. The first-order chi connectivity index (χ1) is 10.6. The Bertz CT molecular complexity index is 676. The zero-order valence-electron chi connectivity index (χ0n) is 12.4. The lowest BCUT2D eigenvalue weighted by Gasteiger charge is -2.36. The minimum Gasteiger partial charge on any atom is -0.486 e. The number of sulfonamides is 1. The maximum absolute atomic E-state index is 12.9. The second kappa shape index (κ2) is 5.40. The summed E-state index contributed by atoms with van der Waals surface area (Å²) in [5, 5.41) is 0. The van der Waals surface area contributed by atoms with Crippen LogP contribution in [0.5, 0.6) is 11.5 Å². The first-order valence-electron chi connectivity index (χ1n) is 7.78. The number of piperazine rings is 1. The van der Waals surface area contributed by atoms with Crippen molar-refractivity contribution in [2.45, 2.75) is 23.8 Å². The quantitative estimate of drug-likeness (QED) is 0.810. The molecule has 0 saturated carbocycles. The second-order valence-electron chi connectivity index (χ2n) is 6.00. The third-order valence-electron chi connectivity index (χ3n) is 4.70. The summed E-state index contributed by atoms with van der Waals surface area (Å²) in [4.78, 5) is 2.69. The molecule has 2 saturated heterocycles. The zero-order chi connectivity index (χ0) is 15.2. The van der Waals surface area contributed by atoms with Gasteiger partial charge in [0.25, 0.3) is 0 Å². The molecule has 6 nitrogen and oxygen atoms in total. The van der Waals surface area contributed by atoms with E-state index in [2.05, 4.69) is 4.90 Å². The summed E-state index contributed by atoms with van der Waals surface area (Å²) in [5.41, 5.74) is 0. The summed E-state index contributed by atoms with van der Waals surface area (Å²) >= 11 is 0. The standard InChI is InChI=1S/C15H20N2O4S/c18-22(19,17-7-6-16-5-1-2-12(16)11-17)13-3-4-14-15(10-13)21-9-8-20-14/h3-4,10,12H,1-2,5-9,11H2/t12-/m0/s1. The van der Waals surface area contributed by atoms with Gasteiger partial charge in [-0.3, -0.25) is 4.90 Å². The Balaban J connectivity index is 1.60. The molecule has 0 radical (unpaired) electrons. The van der Waals surface area contributed by atoms with E-state index in [1.807, 2.05) is 0 Å². The number of nitrogens with zero attached hydrogens (tertiary/aromatic N) is 2. The van der Waals surface area contributed by atoms with Crippen molar-refractivity contribution < 1.29 is 17.9 Å². The summed E-state index contributed by atoms with van der Waals surface area (Å²) in [6.45, 7) is 4.04. The fourth-order valence-corrected chi connectivity index (χ4v) is 5.00. The monoisotopic (exact) mass is 324 g/mol. The lowest BCUT2D eigenvalue weighted by atomic mass is 10.2. The van der Waals surface area contributed by atoms with Gasteiger partial charge in [0.05, 0.1) is 4.90 Å². The van der Waals surface area contributed by atoms with Gasteiger partial charge in [0, 0.05) is 31.7 Å². The number of hydrogen-bond donors (Lipinski definition) is 0. The van der Waals surface area contributed by atoms with Gasteiger partial charge in [-0.1, -0.05) is 0 Å². The van der Waals surface area contributed by atoms with Gasteiger partial charge in [0.1, 0.15) is 13.2 Å². The van der Waals surface area contributed by atoms with Crippen molar-refractivity contribution in [1.29, 1.82) is 0 Å². The Morgan fingerprint density at radius 2 is 1.86 bits per heavy atom. The van der Waals surface area contributed by atoms with Gasteiger partial charge in [-0.25, -0.2) is 8.42 Å². The summed E-state index contributed by atoms with van der Waals surface area (Å²) in [6.07, 6.45) is 2.26. The fourth-order valence-electron chi connectivity index (χ4n) is 3.51. The van der Waals surface area contributed by atoms with Crippen LogP contribution in [0.4, 0.5) is 0 Å². The van der Waals surface area contributed by atoms with E-state index in [1.165, 1.54) is 6.42 Å². The van der Waals surface area contributed by atoms with Crippen molar-refractivity contribution in [3.63, 3.8) is 0 Å². The van der Waals surface area contributed by atoms with Crippen LogP contribution in [-0.2, 0) is 10.0 Å². The lowest BCUT2D eigenvalue weighted by molar-refractivity contribution is 0.158. The Morgan fingerprint density at radius 1 is 1.05 bits per heavy atom. The molecule has 120 valence electrons. The topological polar surface area (TPSA) is 59.1 Å². The highest BCUT2D eigenvalue weighted by Gasteiger charge is 2.36. The van der Waals surface area contributed by atoms with E-state index < -0.39 is 10.0 Å². The zero-order valence-corrected chi connectivity index (χ0v) is 13.2. The van der Waals surface area contributed by atoms with Gasteiger partial charge in [-0.2, -0.15) is 4.31 Å². The van der Waals surface area contributed by atoms with Crippen molar-refractivity contribution >= 4 is 10.0 Å². The second-order valence-corrected chi connectivity index (χ2v) is 7.94. The average Bonchev–Trinajstić information content (AvgIpc) is 3.02. The first kappa shape index (κ1) is 14.3. The lowest BCUT2D eigenvalue weighted by Crippen LogP contribution is -2.51. The highest BCUT2D eigenvalue weighted by atomic mass is 32.2. The van der Waals surface area contributed by atoms with Gasteiger partial charge >= 0.3 is 0 Å². The molecule has 0 aliphatic carbocycles. The molecule has 0 spiro atoms. The van der Waals surface area contributed by atoms with Crippen LogP contribution >= 0.6 is 0 Å². The average molecular weight is 324 g/mol. The van der Waals surface area contributed by atoms with Gasteiger partial charge in [0.2, 0.25) is 10.0 Å². The molecule has 0 unspecified atom stereocenters. The van der Waals surface area contributed by atoms with Gasteiger partial charge < -0.3 is 9.47 Å². The number of ether oxygens (including phenoxy) is 2. The molecule has 0 N–H and O–H groups in total. The Morgan fingerprint density at radius 3 is 2.73 bits per heavy atom. The Kier molecular flexibility index (Phi) is 3.51. The largest absolute Gasteiger partial charge is 0.486 e. The third-order valence-corrected chi connectivity index (χ3v) is 6.56. The molecule has 4 rings (SSSR count). The van der Waals surface area contributed by atoms with Crippen molar-refractivity contribution in [2.75, 3.05) is 39.4 Å². The van der Waals surface area contributed by atoms with Crippen LogP contribution < -0.4 is 9.47 Å². The van der Waals surface area contributed by atoms with Gasteiger partial charge in [-0.15, -0.1) is 0 Å². The summed E-state index contributed by atoms with van der Waals surface area (Å²) < 4.78 is 38.3. The molecule has 3 aliphatic rings. The minimum atomic E-state index is -3.46. The van der Waals surface area contributed by atoms with Crippen LogP contribution in [0.2, 0.25) is 0 Å². The molecule has 0 amide bonds. The van der Waals surface area contributed by atoms with E-state index in [4.69, 9.17) is 9.47 Å². The molecule has 22 heavy (non-hydrogen) atoms. The molecule has 1 aromatic rings. The molecule has 2 fully saturated rings. The van der Waals surface area contributed by atoms with E-state index in [0.717, 1.165) is 19.5 Å². The third kappa shape index (κ3) is 2.37. The summed E-state index contributed by atoms with van der Waals surface area (Å²) in [7, 11) is -3.46. The number of rotatable bonds is 2. The summed E-state index contributed by atoms with van der Waals surface area (Å²) in [5.74, 6) is 1.14. The highest BCUT2D eigenvalue weighted by Crippen LogP contribution is 2.34. The molecule has 0 aromatic heterocycles. The van der Waals surface area contributed by atoms with Gasteiger partial charge in [0.15, 0.2) is 11.5 Å². The van der Waals surface area contributed by atoms with Crippen LogP contribution in [0.25, 0.3) is 0 Å². The van der Waals surface area contributed by atoms with Crippen LogP contribution in [-0.4, -0.2) is 63.1 Å². The predicted octanol–water partition coefficient (Wildman–Crippen LogP) is 0.926. The van der Waals surface area contributed by atoms with Crippen LogP contribution in [0, 0.1) is 0 Å². The Labute approximate surface area is 130 Å². The van der Waals surface area contributed by atoms with Crippen molar-refractivity contribution in [2.24, 2.45) is 0 Å². The maximum Gasteiger partial charge on any atom is 0.243 e. The molecule has 1 atom stereocenters. The van der Waals surface area contributed by atoms with Crippen LogP contribution in [0.1, 0.15) is 12.8 Å². The van der Waals surface area contributed by atoms with E-state index in [0.29, 0.717) is 48.7 Å². The fraction of sp³-hybridized carbons (Fsp3) is 0.600. The van der Waals surface area contributed by atoms with E-state index in [9.17, 15) is 8.42 Å². The smallest absolute Gasteiger partial charge is 0.243 e.